The number of fused-ring (bicyclic) bond motifs is 1. The maximum Gasteiger partial charge on any atom is 0.276 e. The van der Waals surface area contributed by atoms with E-state index in [0.29, 0.717) is 23.9 Å². The molecule has 0 unspecified atom stereocenters. The van der Waals surface area contributed by atoms with Gasteiger partial charge in [-0.3, -0.25) is 14.5 Å². The third-order valence-corrected chi connectivity index (χ3v) is 5.55. The molecule has 0 radical (unpaired) electrons. The number of aromatic nitrogens is 1. The summed E-state index contributed by atoms with van der Waals surface area (Å²) in [5, 5.41) is 4.28. The summed E-state index contributed by atoms with van der Waals surface area (Å²) in [6, 6.07) is 5.90. The molecule has 2 amide bonds. The van der Waals surface area contributed by atoms with Gasteiger partial charge in [-0.05, 0) is 50.3 Å². The van der Waals surface area contributed by atoms with Crippen LogP contribution < -0.4 is 5.32 Å². The zero-order valence-electron chi connectivity index (χ0n) is 15.5. The van der Waals surface area contributed by atoms with Crippen molar-refractivity contribution in [2.45, 2.75) is 20.4 Å². The fourth-order valence-corrected chi connectivity index (χ4v) is 3.70. The zero-order valence-corrected chi connectivity index (χ0v) is 17.9. The highest BCUT2D eigenvalue weighted by atomic mass is 79.9. The molecule has 6 nitrogen and oxygen atoms in total. The standard InChI is InChI=1S/C19H21BrN4O2S/c1-4-23(5-2)17(25)11-24-10-12(14-9-13(20)6-7-16(14)24)8-15-18(26)22(3)19(27)21-15/h6-10H,4-5,11H2,1-3H3,(H,21,27)/b15-8-. The molecule has 1 N–H and O–H groups in total. The first-order valence-corrected chi connectivity index (χ1v) is 9.92. The highest BCUT2D eigenvalue weighted by molar-refractivity contribution is 9.10. The fraction of sp³-hybridized carbons (Fsp3) is 0.316. The summed E-state index contributed by atoms with van der Waals surface area (Å²) in [6.07, 6.45) is 3.69. The lowest BCUT2D eigenvalue weighted by molar-refractivity contribution is -0.131. The molecule has 1 aromatic heterocycles. The van der Waals surface area contributed by atoms with Gasteiger partial charge in [0.1, 0.15) is 12.2 Å². The Morgan fingerprint density at radius 2 is 2.04 bits per heavy atom. The predicted molar refractivity (Wildman–Crippen MR) is 114 cm³/mol. The van der Waals surface area contributed by atoms with Crippen molar-refractivity contribution in [3.8, 4) is 0 Å². The number of amides is 2. The second-order valence-electron chi connectivity index (χ2n) is 6.29. The normalized spacial score (nSPS) is 15.7. The summed E-state index contributed by atoms with van der Waals surface area (Å²) in [6.45, 7) is 5.55. The number of hydrogen-bond acceptors (Lipinski definition) is 3. The van der Waals surface area contributed by atoms with Crippen LogP contribution in [0.3, 0.4) is 0 Å². The van der Waals surface area contributed by atoms with E-state index in [1.807, 2.05) is 42.8 Å². The lowest BCUT2D eigenvalue weighted by Crippen LogP contribution is -2.33. The quantitative estimate of drug-likeness (QED) is 0.564. The maximum atomic E-state index is 12.6. The van der Waals surface area contributed by atoms with Crippen LogP contribution in [0.25, 0.3) is 17.0 Å². The van der Waals surface area contributed by atoms with Crippen LogP contribution in [0, 0.1) is 0 Å². The van der Waals surface area contributed by atoms with E-state index in [0.717, 1.165) is 20.9 Å². The third-order valence-electron chi connectivity index (χ3n) is 4.68. The summed E-state index contributed by atoms with van der Waals surface area (Å²) >= 11 is 8.64. The molecular weight excluding hydrogens is 428 g/mol. The maximum absolute atomic E-state index is 12.6. The van der Waals surface area contributed by atoms with Crippen LogP contribution in [0.5, 0.6) is 0 Å². The molecule has 1 saturated heterocycles. The van der Waals surface area contributed by atoms with E-state index in [2.05, 4.69) is 21.2 Å². The molecule has 2 aromatic rings. The van der Waals surface area contributed by atoms with Crippen molar-refractivity contribution < 1.29 is 9.59 Å². The van der Waals surface area contributed by atoms with Gasteiger partial charge in [-0.25, -0.2) is 0 Å². The van der Waals surface area contributed by atoms with Crippen LogP contribution in [0.15, 0.2) is 34.6 Å². The zero-order chi connectivity index (χ0) is 19.7. The molecule has 3 rings (SSSR count). The average Bonchev–Trinajstić information content (AvgIpc) is 3.08. The van der Waals surface area contributed by atoms with E-state index >= 15 is 0 Å². The van der Waals surface area contributed by atoms with Gasteiger partial charge in [0.25, 0.3) is 5.91 Å². The largest absolute Gasteiger partial charge is 0.342 e. The molecule has 2 heterocycles. The Hall–Kier alpha value is -2.19. The van der Waals surface area contributed by atoms with Crippen molar-refractivity contribution in [2.24, 2.45) is 0 Å². The van der Waals surface area contributed by atoms with E-state index in [1.54, 1.807) is 18.0 Å². The number of halogens is 1. The SMILES string of the molecule is CCN(CC)C(=O)Cn1cc(/C=C2\NC(=S)N(C)C2=O)c2cc(Br)ccc21. The molecule has 27 heavy (non-hydrogen) atoms. The number of rotatable bonds is 5. The minimum Gasteiger partial charge on any atom is -0.342 e. The smallest absolute Gasteiger partial charge is 0.276 e. The summed E-state index contributed by atoms with van der Waals surface area (Å²) in [5.74, 6) is -0.106. The molecule has 0 atom stereocenters. The van der Waals surface area contributed by atoms with Crippen molar-refractivity contribution in [1.29, 1.82) is 0 Å². The van der Waals surface area contributed by atoms with Crippen LogP contribution >= 0.6 is 28.1 Å². The van der Waals surface area contributed by atoms with Crippen molar-refractivity contribution in [1.82, 2.24) is 19.7 Å². The van der Waals surface area contributed by atoms with Gasteiger partial charge < -0.3 is 14.8 Å². The van der Waals surface area contributed by atoms with E-state index in [-0.39, 0.29) is 18.4 Å². The van der Waals surface area contributed by atoms with E-state index in [1.165, 1.54) is 4.90 Å². The van der Waals surface area contributed by atoms with Gasteiger partial charge in [0, 0.05) is 47.3 Å². The minimum atomic E-state index is -0.171. The number of thiocarbonyl (C=S) groups is 1. The Bertz CT molecular complexity index is 962. The van der Waals surface area contributed by atoms with Crippen molar-refractivity contribution in [3.05, 3.63) is 40.1 Å². The molecule has 0 saturated carbocycles. The van der Waals surface area contributed by atoms with Crippen LogP contribution in [0.1, 0.15) is 19.4 Å². The van der Waals surface area contributed by atoms with Gasteiger partial charge in [0.05, 0.1) is 0 Å². The molecule has 0 spiro atoms. The number of benzene rings is 1. The molecule has 1 aliphatic heterocycles. The summed E-state index contributed by atoms with van der Waals surface area (Å²) in [5.41, 5.74) is 2.22. The van der Waals surface area contributed by atoms with Gasteiger partial charge >= 0.3 is 0 Å². The topological polar surface area (TPSA) is 57.6 Å². The van der Waals surface area contributed by atoms with Gasteiger partial charge in [0.2, 0.25) is 5.91 Å². The van der Waals surface area contributed by atoms with E-state index < -0.39 is 0 Å². The Balaban J connectivity index is 2.04. The van der Waals surface area contributed by atoms with Gasteiger partial charge in [0.15, 0.2) is 5.11 Å². The first kappa shape index (κ1) is 19.6. The summed E-state index contributed by atoms with van der Waals surface area (Å²) in [7, 11) is 1.64. The monoisotopic (exact) mass is 448 g/mol. The molecule has 1 aliphatic rings. The molecule has 0 bridgehead atoms. The number of nitrogens with zero attached hydrogens (tertiary/aromatic N) is 3. The van der Waals surface area contributed by atoms with Crippen molar-refractivity contribution in [3.63, 3.8) is 0 Å². The third kappa shape index (κ3) is 3.77. The molecular formula is C19H21BrN4O2S. The first-order chi connectivity index (χ1) is 12.8. The first-order valence-electron chi connectivity index (χ1n) is 8.72. The Morgan fingerprint density at radius 3 is 2.63 bits per heavy atom. The van der Waals surface area contributed by atoms with E-state index in [4.69, 9.17) is 12.2 Å². The van der Waals surface area contributed by atoms with Crippen LogP contribution in [0.4, 0.5) is 0 Å². The summed E-state index contributed by atoms with van der Waals surface area (Å²) < 4.78 is 2.86. The summed E-state index contributed by atoms with van der Waals surface area (Å²) in [4.78, 5) is 28.1. The number of hydrogen-bond donors (Lipinski definition) is 1. The highest BCUT2D eigenvalue weighted by Crippen LogP contribution is 2.27. The lowest BCUT2D eigenvalue weighted by atomic mass is 10.1. The number of carbonyl (C=O) groups is 2. The second-order valence-corrected chi connectivity index (χ2v) is 7.59. The van der Waals surface area contributed by atoms with E-state index in [9.17, 15) is 9.59 Å². The van der Waals surface area contributed by atoms with Crippen LogP contribution in [0.2, 0.25) is 0 Å². The Kier molecular flexibility index (Phi) is 5.67. The van der Waals surface area contributed by atoms with Crippen molar-refractivity contribution in [2.75, 3.05) is 20.1 Å². The molecule has 142 valence electrons. The molecule has 1 aromatic carbocycles. The highest BCUT2D eigenvalue weighted by Gasteiger charge is 2.27. The second kappa shape index (κ2) is 7.82. The molecule has 8 heteroatoms. The number of likely N-dealkylation sites (N-methyl/N-ethyl adjacent to an activating group) is 2. The van der Waals surface area contributed by atoms with Gasteiger partial charge in [-0.1, -0.05) is 15.9 Å². The van der Waals surface area contributed by atoms with Crippen molar-refractivity contribution >= 4 is 62.1 Å². The fourth-order valence-electron chi connectivity index (χ4n) is 3.14. The predicted octanol–water partition coefficient (Wildman–Crippen LogP) is 2.96. The average molecular weight is 449 g/mol. The van der Waals surface area contributed by atoms with Gasteiger partial charge in [-0.2, -0.15) is 0 Å². The molecule has 1 fully saturated rings. The Morgan fingerprint density at radius 1 is 1.33 bits per heavy atom. The Labute approximate surface area is 171 Å². The minimum absolute atomic E-state index is 0.0648. The number of nitrogens with one attached hydrogen (secondary N) is 1. The van der Waals surface area contributed by atoms with Gasteiger partial charge in [-0.15, -0.1) is 0 Å². The van der Waals surface area contributed by atoms with Crippen LogP contribution in [-0.4, -0.2) is 51.4 Å². The molecule has 0 aliphatic carbocycles. The number of carbonyl (C=O) groups excluding carboxylic acids is 2. The lowest BCUT2D eigenvalue weighted by Gasteiger charge is -2.19. The van der Waals surface area contributed by atoms with Crippen LogP contribution in [-0.2, 0) is 16.1 Å².